The first-order valence-electron chi connectivity index (χ1n) is 7.89. The largest absolute Gasteiger partial charge is 0.381 e. The molecule has 0 saturated heterocycles. The SMILES string of the molecule is Cc1nnccc1-c1nc(N)c(C#N)nc1-c1ccc2ncccc2c1. The van der Waals surface area contributed by atoms with Gasteiger partial charge in [-0.15, -0.1) is 0 Å². The van der Waals surface area contributed by atoms with Crippen LogP contribution in [0.4, 0.5) is 5.82 Å². The lowest BCUT2D eigenvalue weighted by Crippen LogP contribution is -2.04. The highest BCUT2D eigenvalue weighted by Crippen LogP contribution is 2.32. The van der Waals surface area contributed by atoms with E-state index in [4.69, 9.17) is 5.73 Å². The van der Waals surface area contributed by atoms with Crippen molar-refractivity contribution in [3.8, 4) is 28.6 Å². The van der Waals surface area contributed by atoms with Gasteiger partial charge in [0.25, 0.3) is 0 Å². The molecule has 4 aromatic rings. The van der Waals surface area contributed by atoms with E-state index in [0.29, 0.717) is 17.1 Å². The Morgan fingerprint density at radius 1 is 1.04 bits per heavy atom. The predicted molar refractivity (Wildman–Crippen MR) is 97.7 cm³/mol. The number of nitrogens with zero attached hydrogens (tertiary/aromatic N) is 6. The van der Waals surface area contributed by atoms with Gasteiger partial charge in [0.2, 0.25) is 0 Å². The molecule has 0 spiro atoms. The maximum atomic E-state index is 9.31. The van der Waals surface area contributed by atoms with E-state index in [2.05, 4.69) is 25.1 Å². The zero-order chi connectivity index (χ0) is 18.1. The minimum atomic E-state index is 0.0879. The van der Waals surface area contributed by atoms with Gasteiger partial charge in [-0.25, -0.2) is 9.97 Å². The monoisotopic (exact) mass is 339 g/mol. The third-order valence-corrected chi connectivity index (χ3v) is 4.07. The average Bonchev–Trinajstić information content (AvgIpc) is 2.68. The van der Waals surface area contributed by atoms with Crippen molar-refractivity contribution in [2.75, 3.05) is 5.73 Å². The number of hydrogen-bond donors (Lipinski definition) is 1. The smallest absolute Gasteiger partial charge is 0.183 e. The molecule has 0 unspecified atom stereocenters. The van der Waals surface area contributed by atoms with Crippen LogP contribution in [0, 0.1) is 18.3 Å². The number of anilines is 1. The summed E-state index contributed by atoms with van der Waals surface area (Å²) in [6.07, 6.45) is 3.34. The number of aromatic nitrogens is 5. The van der Waals surface area contributed by atoms with E-state index in [-0.39, 0.29) is 11.5 Å². The number of fused-ring (bicyclic) bond motifs is 1. The maximum Gasteiger partial charge on any atom is 0.183 e. The van der Waals surface area contributed by atoms with Crippen LogP contribution in [0.25, 0.3) is 33.4 Å². The highest BCUT2D eigenvalue weighted by atomic mass is 15.1. The minimum Gasteiger partial charge on any atom is -0.381 e. The minimum absolute atomic E-state index is 0.0879. The molecule has 0 atom stereocenters. The summed E-state index contributed by atoms with van der Waals surface area (Å²) >= 11 is 0. The molecule has 0 fully saturated rings. The Bertz CT molecular complexity index is 1180. The van der Waals surface area contributed by atoms with E-state index in [1.54, 1.807) is 12.4 Å². The molecular weight excluding hydrogens is 326 g/mol. The van der Waals surface area contributed by atoms with E-state index < -0.39 is 0 Å². The lowest BCUT2D eigenvalue weighted by atomic mass is 10.0. The molecule has 2 N–H and O–H groups in total. The Balaban J connectivity index is 2.02. The molecule has 1 aromatic carbocycles. The second-order valence-electron chi connectivity index (χ2n) is 5.71. The number of nitrogen functional groups attached to an aromatic ring is 1. The summed E-state index contributed by atoms with van der Waals surface area (Å²) in [6, 6.07) is 13.4. The number of aryl methyl sites for hydroxylation is 1. The second kappa shape index (κ2) is 6.18. The molecule has 0 amide bonds. The van der Waals surface area contributed by atoms with E-state index >= 15 is 0 Å². The van der Waals surface area contributed by atoms with Crippen molar-refractivity contribution < 1.29 is 0 Å². The van der Waals surface area contributed by atoms with Crippen LogP contribution < -0.4 is 5.73 Å². The van der Waals surface area contributed by atoms with Crippen molar-refractivity contribution in [3.05, 3.63) is 60.2 Å². The van der Waals surface area contributed by atoms with Gasteiger partial charge < -0.3 is 5.73 Å². The second-order valence-corrected chi connectivity index (χ2v) is 5.71. The van der Waals surface area contributed by atoms with Crippen LogP contribution in [0.3, 0.4) is 0 Å². The van der Waals surface area contributed by atoms with Crippen LogP contribution in [0.1, 0.15) is 11.4 Å². The average molecular weight is 339 g/mol. The van der Waals surface area contributed by atoms with Gasteiger partial charge in [0.1, 0.15) is 11.8 Å². The van der Waals surface area contributed by atoms with Crippen molar-refractivity contribution in [2.24, 2.45) is 0 Å². The van der Waals surface area contributed by atoms with Crippen molar-refractivity contribution in [3.63, 3.8) is 0 Å². The van der Waals surface area contributed by atoms with Crippen LogP contribution in [0.5, 0.6) is 0 Å². The fraction of sp³-hybridized carbons (Fsp3) is 0.0526. The van der Waals surface area contributed by atoms with Gasteiger partial charge >= 0.3 is 0 Å². The summed E-state index contributed by atoms with van der Waals surface area (Å²) in [5, 5.41) is 18.2. The first-order valence-corrected chi connectivity index (χ1v) is 7.89. The molecule has 0 radical (unpaired) electrons. The van der Waals surface area contributed by atoms with Crippen molar-refractivity contribution in [1.29, 1.82) is 5.26 Å². The first kappa shape index (κ1) is 15.6. The molecule has 0 bridgehead atoms. The van der Waals surface area contributed by atoms with Gasteiger partial charge in [-0.05, 0) is 31.2 Å². The van der Waals surface area contributed by atoms with Crippen LogP contribution >= 0.6 is 0 Å². The van der Waals surface area contributed by atoms with Crippen LogP contribution in [0.15, 0.2) is 48.8 Å². The molecule has 4 rings (SSSR count). The van der Waals surface area contributed by atoms with Gasteiger partial charge in [0.15, 0.2) is 11.5 Å². The summed E-state index contributed by atoms with van der Waals surface area (Å²) in [7, 11) is 0. The predicted octanol–water partition coefficient (Wildman–Crippen LogP) is 2.91. The lowest BCUT2D eigenvalue weighted by Gasteiger charge is -2.12. The van der Waals surface area contributed by atoms with Crippen molar-refractivity contribution >= 4 is 16.7 Å². The fourth-order valence-electron chi connectivity index (χ4n) is 2.80. The summed E-state index contributed by atoms with van der Waals surface area (Å²) in [4.78, 5) is 13.2. The molecule has 0 saturated carbocycles. The Hall–Kier alpha value is -3.92. The number of nitriles is 1. The van der Waals surface area contributed by atoms with E-state index in [1.165, 1.54) is 0 Å². The van der Waals surface area contributed by atoms with Crippen LogP contribution in [-0.2, 0) is 0 Å². The Morgan fingerprint density at radius 2 is 1.92 bits per heavy atom. The number of nitrogens with two attached hydrogens (primary N) is 1. The Kier molecular flexibility index (Phi) is 3.71. The van der Waals surface area contributed by atoms with E-state index in [1.807, 2.05) is 49.4 Å². The maximum absolute atomic E-state index is 9.31. The van der Waals surface area contributed by atoms with Crippen molar-refractivity contribution in [1.82, 2.24) is 25.1 Å². The summed E-state index contributed by atoms with van der Waals surface area (Å²) < 4.78 is 0. The van der Waals surface area contributed by atoms with Crippen LogP contribution in [-0.4, -0.2) is 25.1 Å². The third-order valence-electron chi connectivity index (χ3n) is 4.07. The van der Waals surface area contributed by atoms with Gasteiger partial charge in [0.05, 0.1) is 23.1 Å². The third kappa shape index (κ3) is 2.59. The van der Waals surface area contributed by atoms with Gasteiger partial charge in [-0.3, -0.25) is 4.98 Å². The van der Waals surface area contributed by atoms with E-state index in [0.717, 1.165) is 22.0 Å². The normalized spacial score (nSPS) is 10.6. The van der Waals surface area contributed by atoms with Gasteiger partial charge in [-0.2, -0.15) is 15.5 Å². The van der Waals surface area contributed by atoms with E-state index in [9.17, 15) is 5.26 Å². The Labute approximate surface area is 149 Å². The Morgan fingerprint density at radius 3 is 2.73 bits per heavy atom. The quantitative estimate of drug-likeness (QED) is 0.597. The number of pyridine rings is 1. The molecule has 3 aromatic heterocycles. The molecule has 3 heterocycles. The molecule has 124 valence electrons. The molecule has 0 aliphatic heterocycles. The number of hydrogen-bond acceptors (Lipinski definition) is 7. The number of rotatable bonds is 2. The highest BCUT2D eigenvalue weighted by Gasteiger charge is 2.17. The summed E-state index contributed by atoms with van der Waals surface area (Å²) in [5.41, 5.74) is 10.3. The zero-order valence-electron chi connectivity index (χ0n) is 13.9. The fourth-order valence-corrected chi connectivity index (χ4v) is 2.80. The topological polar surface area (TPSA) is 114 Å². The molecular formula is C19H13N7. The number of benzene rings is 1. The van der Waals surface area contributed by atoms with Crippen molar-refractivity contribution in [2.45, 2.75) is 6.92 Å². The molecule has 7 heteroatoms. The molecule has 0 aliphatic carbocycles. The molecule has 26 heavy (non-hydrogen) atoms. The standard InChI is InChI=1S/C19H13N7/c1-11-14(6-8-23-26-11)18-17(24-16(10-20)19(21)25-18)13-4-5-15-12(9-13)3-2-7-22-15/h2-9H,1H3,(H2,21,25). The van der Waals surface area contributed by atoms with Crippen LogP contribution in [0.2, 0.25) is 0 Å². The van der Waals surface area contributed by atoms with Gasteiger partial charge in [-0.1, -0.05) is 12.1 Å². The lowest BCUT2D eigenvalue weighted by molar-refractivity contribution is 0.979. The highest BCUT2D eigenvalue weighted by molar-refractivity contribution is 5.87. The summed E-state index contributed by atoms with van der Waals surface area (Å²) in [6.45, 7) is 1.84. The first-order chi connectivity index (χ1) is 12.7. The summed E-state index contributed by atoms with van der Waals surface area (Å²) in [5.74, 6) is 0.0879. The zero-order valence-corrected chi connectivity index (χ0v) is 13.9. The molecule has 0 aliphatic rings. The molecule has 7 nitrogen and oxygen atoms in total. The van der Waals surface area contributed by atoms with Gasteiger partial charge in [0, 0.05) is 22.7 Å².